The number of nitrogens with zero attached hydrogens (tertiary/aromatic N) is 2. The first-order chi connectivity index (χ1) is 11.8. The molecule has 0 aliphatic carbocycles. The Bertz CT molecular complexity index is 511. The normalized spacial score (nSPS) is 18.0. The summed E-state index contributed by atoms with van der Waals surface area (Å²) in [6.07, 6.45) is 9.97. The standard InChI is InChI=1S/C20H29N3O/c1-3-8-17(9-4-2)20(24)23(16-18-10-5-6-14-22-18)19-11-7-13-21-15-12-19/h3-6,10,14,17,19,21H,1-2,7-9,11-13,15-16H2. The molecule has 0 radical (unpaired) electrons. The van der Waals surface area contributed by atoms with Gasteiger partial charge in [0.15, 0.2) is 0 Å². The number of hydrogen-bond donors (Lipinski definition) is 1. The molecule has 2 rings (SSSR count). The molecule has 1 amide bonds. The highest BCUT2D eigenvalue weighted by molar-refractivity contribution is 5.79. The highest BCUT2D eigenvalue weighted by Crippen LogP contribution is 2.22. The molecule has 0 spiro atoms. The van der Waals surface area contributed by atoms with Gasteiger partial charge in [0, 0.05) is 18.2 Å². The highest BCUT2D eigenvalue weighted by Gasteiger charge is 2.29. The lowest BCUT2D eigenvalue weighted by atomic mass is 9.97. The summed E-state index contributed by atoms with van der Waals surface area (Å²) in [7, 11) is 0. The number of rotatable bonds is 8. The van der Waals surface area contributed by atoms with Gasteiger partial charge in [0.1, 0.15) is 0 Å². The van der Waals surface area contributed by atoms with Gasteiger partial charge in [0.2, 0.25) is 5.91 Å². The third-order valence-electron chi connectivity index (χ3n) is 4.58. The summed E-state index contributed by atoms with van der Waals surface area (Å²) in [5, 5.41) is 3.43. The third-order valence-corrected chi connectivity index (χ3v) is 4.58. The molecule has 1 aliphatic rings. The third kappa shape index (κ3) is 5.31. The molecule has 2 heterocycles. The van der Waals surface area contributed by atoms with Gasteiger partial charge in [0.05, 0.1) is 12.2 Å². The van der Waals surface area contributed by atoms with Crippen LogP contribution in [-0.2, 0) is 11.3 Å². The molecule has 1 atom stereocenters. The van der Waals surface area contributed by atoms with Crippen LogP contribution in [0.5, 0.6) is 0 Å². The van der Waals surface area contributed by atoms with E-state index < -0.39 is 0 Å². The summed E-state index contributed by atoms with van der Waals surface area (Å²) in [6.45, 7) is 10.2. The largest absolute Gasteiger partial charge is 0.334 e. The van der Waals surface area contributed by atoms with Gasteiger partial charge < -0.3 is 10.2 Å². The van der Waals surface area contributed by atoms with E-state index in [1.807, 2.05) is 35.3 Å². The molecular formula is C20H29N3O. The Morgan fingerprint density at radius 2 is 2.08 bits per heavy atom. The number of carbonyl (C=O) groups is 1. The number of allylic oxidation sites excluding steroid dienone is 2. The lowest BCUT2D eigenvalue weighted by molar-refractivity contribution is -0.138. The summed E-state index contributed by atoms with van der Waals surface area (Å²) < 4.78 is 0. The Hall–Kier alpha value is -1.94. The van der Waals surface area contributed by atoms with Crippen LogP contribution in [0.4, 0.5) is 0 Å². The molecule has 4 heteroatoms. The smallest absolute Gasteiger partial charge is 0.226 e. The predicted molar refractivity (Wildman–Crippen MR) is 98.4 cm³/mol. The van der Waals surface area contributed by atoms with E-state index in [1.165, 1.54) is 0 Å². The molecule has 130 valence electrons. The summed E-state index contributed by atoms with van der Waals surface area (Å²) in [5.41, 5.74) is 0.944. The average molecular weight is 327 g/mol. The molecule has 1 aliphatic heterocycles. The maximum atomic E-state index is 13.2. The summed E-state index contributed by atoms with van der Waals surface area (Å²) >= 11 is 0. The second-order valence-corrected chi connectivity index (χ2v) is 6.37. The van der Waals surface area contributed by atoms with Crippen LogP contribution in [0, 0.1) is 5.92 Å². The monoisotopic (exact) mass is 327 g/mol. The van der Waals surface area contributed by atoms with E-state index in [9.17, 15) is 4.79 Å². The van der Waals surface area contributed by atoms with Crippen molar-refractivity contribution in [2.45, 2.75) is 44.7 Å². The zero-order valence-corrected chi connectivity index (χ0v) is 14.5. The average Bonchev–Trinajstić information content (AvgIpc) is 2.89. The zero-order chi connectivity index (χ0) is 17.2. The molecule has 1 unspecified atom stereocenters. The van der Waals surface area contributed by atoms with E-state index in [0.29, 0.717) is 19.4 Å². The van der Waals surface area contributed by atoms with Crippen LogP contribution in [0.2, 0.25) is 0 Å². The molecule has 1 aromatic rings. The first-order valence-corrected chi connectivity index (χ1v) is 8.89. The summed E-state index contributed by atoms with van der Waals surface area (Å²) in [5.74, 6) is 0.132. The van der Waals surface area contributed by atoms with Crippen molar-refractivity contribution in [1.82, 2.24) is 15.2 Å². The summed E-state index contributed by atoms with van der Waals surface area (Å²) in [6, 6.07) is 6.14. The Morgan fingerprint density at radius 1 is 1.29 bits per heavy atom. The Morgan fingerprint density at radius 3 is 2.75 bits per heavy atom. The van der Waals surface area contributed by atoms with Crippen LogP contribution in [0.15, 0.2) is 49.7 Å². The van der Waals surface area contributed by atoms with Crippen LogP contribution < -0.4 is 5.32 Å². The highest BCUT2D eigenvalue weighted by atomic mass is 16.2. The molecule has 1 aromatic heterocycles. The maximum Gasteiger partial charge on any atom is 0.226 e. The minimum absolute atomic E-state index is 0.0695. The van der Waals surface area contributed by atoms with Crippen molar-refractivity contribution in [1.29, 1.82) is 0 Å². The van der Waals surface area contributed by atoms with Crippen molar-refractivity contribution >= 4 is 5.91 Å². The Kier molecular flexibility index (Phi) is 7.69. The van der Waals surface area contributed by atoms with Crippen LogP contribution in [0.3, 0.4) is 0 Å². The van der Waals surface area contributed by atoms with E-state index in [1.54, 1.807) is 6.20 Å². The van der Waals surface area contributed by atoms with Crippen molar-refractivity contribution in [3.05, 3.63) is 55.4 Å². The van der Waals surface area contributed by atoms with E-state index >= 15 is 0 Å². The zero-order valence-electron chi connectivity index (χ0n) is 14.5. The maximum absolute atomic E-state index is 13.2. The predicted octanol–water partition coefficient (Wildman–Crippen LogP) is 3.32. The minimum Gasteiger partial charge on any atom is -0.334 e. The number of amides is 1. The first kappa shape index (κ1) is 18.4. The minimum atomic E-state index is -0.0695. The second kappa shape index (κ2) is 10.0. The van der Waals surface area contributed by atoms with Crippen LogP contribution in [-0.4, -0.2) is 34.9 Å². The summed E-state index contributed by atoms with van der Waals surface area (Å²) in [4.78, 5) is 19.7. The quantitative estimate of drug-likeness (QED) is 0.745. The number of nitrogens with one attached hydrogen (secondary N) is 1. The van der Waals surface area contributed by atoms with Crippen molar-refractivity contribution < 1.29 is 4.79 Å². The van der Waals surface area contributed by atoms with Crippen molar-refractivity contribution in [2.24, 2.45) is 5.92 Å². The lowest BCUT2D eigenvalue weighted by Gasteiger charge is -2.33. The van der Waals surface area contributed by atoms with E-state index in [2.05, 4.69) is 23.5 Å². The van der Waals surface area contributed by atoms with E-state index in [-0.39, 0.29) is 17.9 Å². The Balaban J connectivity index is 2.20. The topological polar surface area (TPSA) is 45.2 Å². The molecule has 24 heavy (non-hydrogen) atoms. The molecular weight excluding hydrogens is 298 g/mol. The van der Waals surface area contributed by atoms with Crippen molar-refractivity contribution in [2.75, 3.05) is 13.1 Å². The number of aromatic nitrogens is 1. The van der Waals surface area contributed by atoms with E-state index in [4.69, 9.17) is 0 Å². The van der Waals surface area contributed by atoms with Crippen molar-refractivity contribution in [3.63, 3.8) is 0 Å². The lowest BCUT2D eigenvalue weighted by Crippen LogP contribution is -2.43. The van der Waals surface area contributed by atoms with Gasteiger partial charge in [0.25, 0.3) is 0 Å². The molecule has 1 saturated heterocycles. The van der Waals surface area contributed by atoms with Gasteiger partial charge >= 0.3 is 0 Å². The molecule has 0 aromatic carbocycles. The fourth-order valence-electron chi connectivity index (χ4n) is 3.30. The van der Waals surface area contributed by atoms with Gasteiger partial charge in [-0.3, -0.25) is 9.78 Å². The van der Waals surface area contributed by atoms with Crippen molar-refractivity contribution in [3.8, 4) is 0 Å². The molecule has 1 fully saturated rings. The van der Waals surface area contributed by atoms with Crippen LogP contribution in [0.25, 0.3) is 0 Å². The van der Waals surface area contributed by atoms with Gasteiger partial charge in [-0.1, -0.05) is 18.2 Å². The number of pyridine rings is 1. The van der Waals surface area contributed by atoms with Gasteiger partial charge in [-0.05, 0) is 57.3 Å². The van der Waals surface area contributed by atoms with Crippen LogP contribution in [0.1, 0.15) is 37.8 Å². The molecule has 4 nitrogen and oxygen atoms in total. The van der Waals surface area contributed by atoms with Gasteiger partial charge in [-0.15, -0.1) is 13.2 Å². The number of carbonyl (C=O) groups excluding carboxylic acids is 1. The fourth-order valence-corrected chi connectivity index (χ4v) is 3.30. The first-order valence-electron chi connectivity index (χ1n) is 8.89. The second-order valence-electron chi connectivity index (χ2n) is 6.37. The molecule has 0 saturated carbocycles. The Labute approximate surface area is 145 Å². The number of hydrogen-bond acceptors (Lipinski definition) is 3. The molecule has 0 bridgehead atoms. The van der Waals surface area contributed by atoms with E-state index in [0.717, 1.165) is 38.0 Å². The van der Waals surface area contributed by atoms with Gasteiger partial charge in [-0.2, -0.15) is 0 Å². The van der Waals surface area contributed by atoms with Gasteiger partial charge in [-0.25, -0.2) is 0 Å². The SMILES string of the molecule is C=CCC(CC=C)C(=O)N(Cc1ccccn1)C1CCCNCC1. The van der Waals surface area contributed by atoms with Crippen LogP contribution >= 0.6 is 0 Å². The molecule has 1 N–H and O–H groups in total. The fraction of sp³-hybridized carbons (Fsp3) is 0.500.